The number of carbonyl (C=O) groups is 1. The number of nitrogens with zero attached hydrogens (tertiary/aromatic N) is 2. The molecule has 0 amide bonds. The average molecular weight is 512 g/mol. The van der Waals surface area contributed by atoms with Gasteiger partial charge in [0.15, 0.2) is 0 Å². The zero-order chi connectivity index (χ0) is 25.5. The number of benzene rings is 1. The van der Waals surface area contributed by atoms with Gasteiger partial charge in [-0.2, -0.15) is 0 Å². The minimum absolute atomic E-state index is 0.152. The Bertz CT molecular complexity index is 1330. The quantitative estimate of drug-likeness (QED) is 0.277. The van der Waals surface area contributed by atoms with Crippen molar-refractivity contribution in [2.75, 3.05) is 19.8 Å². The maximum atomic E-state index is 12.9. The summed E-state index contributed by atoms with van der Waals surface area (Å²) in [6.45, 7) is 5.20. The van der Waals surface area contributed by atoms with Crippen LogP contribution < -0.4 is 5.56 Å². The van der Waals surface area contributed by atoms with Crippen LogP contribution in [0.5, 0.6) is 0 Å². The molecule has 3 aromatic heterocycles. The van der Waals surface area contributed by atoms with Crippen molar-refractivity contribution in [1.29, 1.82) is 0 Å². The number of nitrogens with one attached hydrogen (secondary N) is 1. The molecular formula is C26H29N3O6S. The Labute approximate surface area is 212 Å². The van der Waals surface area contributed by atoms with E-state index in [1.807, 2.05) is 41.3 Å². The molecule has 0 spiro atoms. The number of H-pyrrole nitrogens is 1. The van der Waals surface area contributed by atoms with E-state index >= 15 is 0 Å². The van der Waals surface area contributed by atoms with Crippen molar-refractivity contribution in [2.45, 2.75) is 39.6 Å². The first-order valence-electron chi connectivity index (χ1n) is 11.7. The number of carbonyl (C=O) groups excluding carboxylic acids is 1. The average Bonchev–Trinajstić information content (AvgIpc) is 3.47. The molecular weight excluding hydrogens is 482 g/mol. The molecule has 1 aromatic carbocycles. The van der Waals surface area contributed by atoms with Gasteiger partial charge in [-0.15, -0.1) is 11.3 Å². The molecule has 0 saturated carbocycles. The van der Waals surface area contributed by atoms with Crippen molar-refractivity contribution in [3.63, 3.8) is 0 Å². The second kappa shape index (κ2) is 12.1. The van der Waals surface area contributed by atoms with Crippen molar-refractivity contribution in [2.24, 2.45) is 0 Å². The van der Waals surface area contributed by atoms with E-state index in [4.69, 9.17) is 13.9 Å². The van der Waals surface area contributed by atoms with Crippen LogP contribution in [0.25, 0.3) is 10.2 Å². The van der Waals surface area contributed by atoms with Crippen LogP contribution in [0.1, 0.15) is 39.3 Å². The first-order chi connectivity index (χ1) is 17.4. The van der Waals surface area contributed by atoms with Gasteiger partial charge in [0.1, 0.15) is 21.3 Å². The second-order valence-electron chi connectivity index (χ2n) is 8.37. The Morgan fingerprint density at radius 2 is 2.03 bits per heavy atom. The van der Waals surface area contributed by atoms with E-state index < -0.39 is 12.1 Å². The van der Waals surface area contributed by atoms with Crippen LogP contribution in [-0.2, 0) is 29.2 Å². The van der Waals surface area contributed by atoms with Crippen molar-refractivity contribution in [3.8, 4) is 0 Å². The van der Waals surface area contributed by atoms with Crippen LogP contribution in [0.15, 0.2) is 57.9 Å². The van der Waals surface area contributed by atoms with Crippen molar-refractivity contribution in [1.82, 2.24) is 14.9 Å². The number of rotatable bonds is 12. The molecule has 0 aliphatic rings. The summed E-state index contributed by atoms with van der Waals surface area (Å²) in [4.78, 5) is 35.3. The molecule has 4 rings (SSSR count). The van der Waals surface area contributed by atoms with Gasteiger partial charge in [0.05, 0.1) is 50.7 Å². The van der Waals surface area contributed by atoms with Gasteiger partial charge in [-0.3, -0.25) is 9.69 Å². The summed E-state index contributed by atoms with van der Waals surface area (Å²) in [6.07, 6.45) is 0.822. The first-order valence-corrected chi connectivity index (χ1v) is 12.5. The van der Waals surface area contributed by atoms with Crippen LogP contribution in [0, 0.1) is 6.92 Å². The molecule has 0 unspecified atom stereocenters. The van der Waals surface area contributed by atoms with Crippen LogP contribution in [0.3, 0.4) is 0 Å². The number of aliphatic hydroxyl groups is 1. The van der Waals surface area contributed by atoms with Gasteiger partial charge in [-0.05, 0) is 37.1 Å². The molecule has 0 aliphatic carbocycles. The number of aromatic amines is 1. The Morgan fingerprint density at radius 3 is 2.75 bits per heavy atom. The van der Waals surface area contributed by atoms with Gasteiger partial charge in [-0.1, -0.05) is 30.3 Å². The Balaban J connectivity index is 1.48. The molecule has 0 radical (unpaired) electrons. The molecule has 36 heavy (non-hydrogen) atoms. The lowest BCUT2D eigenvalue weighted by molar-refractivity contribution is 0.00572. The topological polar surface area (TPSA) is 118 Å². The van der Waals surface area contributed by atoms with Crippen molar-refractivity contribution in [3.05, 3.63) is 86.7 Å². The lowest BCUT2D eigenvalue weighted by atomic mass is 10.2. The summed E-state index contributed by atoms with van der Waals surface area (Å²) in [5.41, 5.74) is 1.27. The lowest BCUT2D eigenvalue weighted by Crippen LogP contribution is -2.35. The molecule has 4 aromatic rings. The van der Waals surface area contributed by atoms with Gasteiger partial charge < -0.3 is 24.0 Å². The number of furan rings is 1. The largest absolute Gasteiger partial charge is 0.468 e. The number of ether oxygens (including phenoxy) is 2. The molecule has 1 atom stereocenters. The van der Waals surface area contributed by atoms with Crippen LogP contribution >= 0.6 is 11.3 Å². The Kier molecular flexibility index (Phi) is 8.65. The fourth-order valence-corrected chi connectivity index (χ4v) is 5.01. The molecule has 0 bridgehead atoms. The highest BCUT2D eigenvalue weighted by molar-refractivity contribution is 7.20. The molecule has 9 nitrogen and oxygen atoms in total. The lowest BCUT2D eigenvalue weighted by Gasteiger charge is -2.23. The van der Waals surface area contributed by atoms with Gasteiger partial charge in [0.2, 0.25) is 0 Å². The van der Waals surface area contributed by atoms with Gasteiger partial charge >= 0.3 is 5.97 Å². The summed E-state index contributed by atoms with van der Waals surface area (Å²) in [5, 5.41) is 11.0. The first kappa shape index (κ1) is 25.8. The molecule has 0 aliphatic heterocycles. The zero-order valence-electron chi connectivity index (χ0n) is 20.2. The third kappa shape index (κ3) is 6.46. The molecule has 190 valence electrons. The van der Waals surface area contributed by atoms with Crippen LogP contribution in [0.4, 0.5) is 0 Å². The normalized spacial score (nSPS) is 12.3. The molecule has 2 N–H and O–H groups in total. The summed E-state index contributed by atoms with van der Waals surface area (Å²) < 4.78 is 16.3. The SMILES string of the molecule is CCOC(=O)c1sc2nc(CN(Cc3ccco3)C[C@H](O)COCc3ccccc3)[nH]c(=O)c2c1C. The van der Waals surface area contributed by atoms with E-state index in [1.165, 1.54) is 0 Å². The van der Waals surface area contributed by atoms with Crippen LogP contribution in [-0.4, -0.2) is 51.8 Å². The summed E-state index contributed by atoms with van der Waals surface area (Å²) in [6, 6.07) is 13.4. The number of hydrogen-bond acceptors (Lipinski definition) is 9. The minimum atomic E-state index is -0.765. The third-order valence-corrected chi connectivity index (χ3v) is 6.70. The van der Waals surface area contributed by atoms with Gasteiger partial charge in [0.25, 0.3) is 5.56 Å². The van der Waals surface area contributed by atoms with Crippen molar-refractivity contribution < 1.29 is 23.8 Å². The monoisotopic (exact) mass is 511 g/mol. The number of aromatic nitrogens is 2. The predicted octanol–water partition coefficient (Wildman–Crippen LogP) is 3.64. The zero-order valence-corrected chi connectivity index (χ0v) is 21.0. The Hall–Kier alpha value is -3.31. The standard InChI is InChI=1S/C26H29N3O6S/c1-3-34-26(32)23-17(2)22-24(31)27-21(28-25(22)36-23)14-29(13-20-10-7-11-35-20)12-19(30)16-33-15-18-8-5-4-6-9-18/h4-11,19,30H,3,12-16H2,1-2H3,(H,27,28,31)/t19-/m0/s1. The van der Waals surface area contributed by atoms with E-state index in [0.717, 1.165) is 16.9 Å². The predicted molar refractivity (Wildman–Crippen MR) is 136 cm³/mol. The van der Waals surface area contributed by atoms with Gasteiger partial charge in [-0.25, -0.2) is 9.78 Å². The smallest absolute Gasteiger partial charge is 0.348 e. The fourth-order valence-electron chi connectivity index (χ4n) is 3.91. The maximum Gasteiger partial charge on any atom is 0.348 e. The van der Waals surface area contributed by atoms with Crippen LogP contribution in [0.2, 0.25) is 0 Å². The highest BCUT2D eigenvalue weighted by Crippen LogP contribution is 2.27. The number of hydrogen-bond donors (Lipinski definition) is 2. The van der Waals surface area contributed by atoms with E-state index in [9.17, 15) is 14.7 Å². The number of fused-ring (bicyclic) bond motifs is 1. The highest BCUT2D eigenvalue weighted by Gasteiger charge is 2.21. The summed E-state index contributed by atoms with van der Waals surface area (Å²) in [7, 11) is 0. The molecule has 0 fully saturated rings. The van der Waals surface area contributed by atoms with E-state index in [-0.39, 0.29) is 31.9 Å². The van der Waals surface area contributed by atoms with Gasteiger partial charge in [0, 0.05) is 6.54 Å². The molecule has 0 saturated heterocycles. The van der Waals surface area contributed by atoms with E-state index in [0.29, 0.717) is 45.4 Å². The third-order valence-electron chi connectivity index (χ3n) is 5.53. The van der Waals surface area contributed by atoms with E-state index in [1.54, 1.807) is 26.2 Å². The second-order valence-corrected chi connectivity index (χ2v) is 9.37. The number of aliphatic hydroxyl groups excluding tert-OH is 1. The summed E-state index contributed by atoms with van der Waals surface area (Å²) >= 11 is 1.14. The maximum absolute atomic E-state index is 12.9. The number of thiophene rings is 1. The summed E-state index contributed by atoms with van der Waals surface area (Å²) in [5.74, 6) is 0.678. The number of esters is 1. The fraction of sp³-hybridized carbons (Fsp3) is 0.346. The van der Waals surface area contributed by atoms with Crippen molar-refractivity contribution >= 4 is 27.5 Å². The minimum Gasteiger partial charge on any atom is -0.468 e. The molecule has 3 heterocycles. The molecule has 10 heteroatoms. The number of aryl methyl sites for hydroxylation is 1. The van der Waals surface area contributed by atoms with E-state index in [2.05, 4.69) is 9.97 Å². The highest BCUT2D eigenvalue weighted by atomic mass is 32.1. The Morgan fingerprint density at radius 1 is 1.22 bits per heavy atom.